The van der Waals surface area contributed by atoms with Crippen molar-refractivity contribution in [1.29, 1.82) is 0 Å². The molecular formula is C33H39N4O5PS. The number of fused-ring (bicyclic) bond motifs is 1. The fourth-order valence-electron chi connectivity index (χ4n) is 6.60. The zero-order chi connectivity index (χ0) is 31.0. The van der Waals surface area contributed by atoms with E-state index in [1.807, 2.05) is 53.6 Å². The normalized spacial score (nSPS) is 22.6. The summed E-state index contributed by atoms with van der Waals surface area (Å²) in [5.41, 5.74) is 3.86. The van der Waals surface area contributed by atoms with Gasteiger partial charge in [-0.05, 0) is 75.0 Å². The van der Waals surface area contributed by atoms with Crippen LogP contribution >= 0.6 is 18.7 Å². The fraction of sp³-hybridized carbons (Fsp3) is 0.455. The maximum Gasteiger partial charge on any atom is 0.348 e. The third kappa shape index (κ3) is 6.67. The SMILES string of the molecule is CP(C)(=O)O[C@H]1CC[C@H](N(c2cc(-c3ccc(-c4cc5ncccn5n4)cc3)sc2C(=O)O)C(=O)[C@H]2CC[C@H](C)CC2)CC1. The second-order valence-electron chi connectivity index (χ2n) is 12.6. The molecule has 0 aliphatic heterocycles. The number of carboxylic acid groups (broad SMARTS) is 1. The van der Waals surface area contributed by atoms with Crippen LogP contribution in [0.3, 0.4) is 0 Å². The standard InChI is InChI=1S/C33H39N4O5PS/c1-21-5-7-24(8-6-21)32(38)37(25-13-15-26(16-14-25)42-43(2,3)41)28-20-29(44-31(28)33(39)40)23-11-9-22(10-12-23)27-19-30-34-17-4-18-36(30)35-27/h4,9-12,17-21,24-26H,5-8,13-16H2,1-3H3,(H,39,40)/t21-,24-,25-,26-. The number of hydrogen-bond donors (Lipinski definition) is 1. The molecule has 44 heavy (non-hydrogen) atoms. The van der Waals surface area contributed by atoms with Gasteiger partial charge in [-0.15, -0.1) is 11.3 Å². The number of carboxylic acids is 1. The monoisotopic (exact) mass is 634 g/mol. The van der Waals surface area contributed by atoms with E-state index >= 15 is 0 Å². The van der Waals surface area contributed by atoms with E-state index in [1.54, 1.807) is 24.0 Å². The van der Waals surface area contributed by atoms with Crippen molar-refractivity contribution in [2.45, 2.75) is 70.4 Å². The number of aromatic carboxylic acids is 1. The molecule has 1 amide bonds. The molecule has 0 radical (unpaired) electrons. The Labute approximate surface area is 261 Å². The van der Waals surface area contributed by atoms with Crippen molar-refractivity contribution in [3.63, 3.8) is 0 Å². The number of carbonyl (C=O) groups is 2. The molecule has 0 spiro atoms. The molecule has 11 heteroatoms. The van der Waals surface area contributed by atoms with Gasteiger partial charge < -0.3 is 14.5 Å². The number of rotatable bonds is 8. The van der Waals surface area contributed by atoms with Crippen molar-refractivity contribution in [3.8, 4) is 21.7 Å². The molecular weight excluding hydrogens is 595 g/mol. The van der Waals surface area contributed by atoms with Gasteiger partial charge in [-0.3, -0.25) is 9.36 Å². The van der Waals surface area contributed by atoms with Crippen molar-refractivity contribution in [2.75, 3.05) is 18.2 Å². The highest BCUT2D eigenvalue weighted by Gasteiger charge is 2.38. The lowest BCUT2D eigenvalue weighted by Gasteiger charge is -2.39. The van der Waals surface area contributed by atoms with E-state index in [9.17, 15) is 19.3 Å². The molecule has 9 nitrogen and oxygen atoms in total. The Morgan fingerprint density at radius 1 is 1.00 bits per heavy atom. The summed E-state index contributed by atoms with van der Waals surface area (Å²) in [6.07, 6.45) is 9.83. The van der Waals surface area contributed by atoms with E-state index in [0.29, 0.717) is 37.3 Å². The maximum absolute atomic E-state index is 14.3. The lowest BCUT2D eigenvalue weighted by atomic mass is 9.81. The highest BCUT2D eigenvalue weighted by molar-refractivity contribution is 7.57. The molecule has 1 N–H and O–H groups in total. The van der Waals surface area contributed by atoms with E-state index in [2.05, 4.69) is 17.0 Å². The van der Waals surface area contributed by atoms with E-state index in [1.165, 1.54) is 11.3 Å². The van der Waals surface area contributed by atoms with Crippen LogP contribution < -0.4 is 4.90 Å². The minimum absolute atomic E-state index is 0.0283. The van der Waals surface area contributed by atoms with Gasteiger partial charge in [-0.2, -0.15) is 5.10 Å². The third-order valence-electron chi connectivity index (χ3n) is 8.88. The average Bonchev–Trinajstić information content (AvgIpc) is 3.63. The molecule has 0 saturated heterocycles. The Balaban J connectivity index is 1.31. The molecule has 2 aliphatic carbocycles. The molecule has 2 saturated carbocycles. The van der Waals surface area contributed by atoms with Gasteiger partial charge in [0.2, 0.25) is 5.91 Å². The van der Waals surface area contributed by atoms with E-state index in [-0.39, 0.29) is 28.8 Å². The number of nitrogens with zero attached hydrogens (tertiary/aromatic N) is 4. The average molecular weight is 635 g/mol. The smallest absolute Gasteiger partial charge is 0.348 e. The Morgan fingerprint density at radius 2 is 1.68 bits per heavy atom. The number of anilines is 1. The summed E-state index contributed by atoms with van der Waals surface area (Å²) in [5, 5.41) is 14.9. The van der Waals surface area contributed by atoms with Crippen LogP contribution in [0, 0.1) is 11.8 Å². The van der Waals surface area contributed by atoms with Crippen LogP contribution in [0.1, 0.15) is 68.0 Å². The number of benzene rings is 1. The van der Waals surface area contributed by atoms with Gasteiger partial charge in [0.15, 0.2) is 13.0 Å². The summed E-state index contributed by atoms with van der Waals surface area (Å²) in [4.78, 5) is 34.0. The van der Waals surface area contributed by atoms with Crippen LogP contribution in [0.15, 0.2) is 54.9 Å². The first kappa shape index (κ1) is 30.7. The van der Waals surface area contributed by atoms with Crippen LogP contribution in [-0.2, 0) is 13.9 Å². The minimum Gasteiger partial charge on any atom is -0.477 e. The molecule has 3 heterocycles. The summed E-state index contributed by atoms with van der Waals surface area (Å²) in [5.74, 6) is -0.521. The molecule has 2 aliphatic rings. The molecule has 0 atom stereocenters. The minimum atomic E-state index is -2.63. The van der Waals surface area contributed by atoms with Crippen LogP contribution in [0.2, 0.25) is 0 Å². The van der Waals surface area contributed by atoms with Gasteiger partial charge in [-0.25, -0.2) is 14.3 Å². The Bertz CT molecular complexity index is 1660. The molecule has 1 aromatic carbocycles. The summed E-state index contributed by atoms with van der Waals surface area (Å²) in [6.45, 7) is 5.49. The van der Waals surface area contributed by atoms with Gasteiger partial charge in [-0.1, -0.05) is 31.2 Å². The van der Waals surface area contributed by atoms with Gasteiger partial charge in [0.1, 0.15) is 4.88 Å². The summed E-state index contributed by atoms with van der Waals surface area (Å²) < 4.78 is 19.9. The zero-order valence-electron chi connectivity index (χ0n) is 25.4. The number of aromatic nitrogens is 3. The van der Waals surface area contributed by atoms with Crippen molar-refractivity contribution in [3.05, 3.63) is 59.7 Å². The van der Waals surface area contributed by atoms with Crippen molar-refractivity contribution in [1.82, 2.24) is 14.6 Å². The van der Waals surface area contributed by atoms with Crippen LogP contribution in [-0.4, -0.2) is 57.1 Å². The number of thiophene rings is 1. The van der Waals surface area contributed by atoms with E-state index < -0.39 is 13.3 Å². The molecule has 0 unspecified atom stereocenters. The maximum atomic E-state index is 14.3. The van der Waals surface area contributed by atoms with E-state index in [0.717, 1.165) is 53.0 Å². The topological polar surface area (TPSA) is 114 Å². The lowest BCUT2D eigenvalue weighted by Crippen LogP contribution is -2.47. The molecule has 2 fully saturated rings. The first-order valence-corrected chi connectivity index (χ1v) is 18.7. The Morgan fingerprint density at radius 3 is 2.32 bits per heavy atom. The zero-order valence-corrected chi connectivity index (χ0v) is 27.1. The lowest BCUT2D eigenvalue weighted by molar-refractivity contribution is -0.124. The summed E-state index contributed by atoms with van der Waals surface area (Å²) in [7, 11) is -2.63. The number of amides is 1. The predicted molar refractivity (Wildman–Crippen MR) is 174 cm³/mol. The first-order chi connectivity index (χ1) is 21.1. The second-order valence-corrected chi connectivity index (χ2v) is 16.4. The van der Waals surface area contributed by atoms with Crippen LogP contribution in [0.4, 0.5) is 5.69 Å². The van der Waals surface area contributed by atoms with Crippen LogP contribution in [0.5, 0.6) is 0 Å². The van der Waals surface area contributed by atoms with Crippen molar-refractivity contribution < 1.29 is 23.8 Å². The second kappa shape index (κ2) is 12.6. The van der Waals surface area contributed by atoms with Gasteiger partial charge >= 0.3 is 5.97 Å². The molecule has 4 aromatic rings. The third-order valence-corrected chi connectivity index (χ3v) is 10.8. The highest BCUT2D eigenvalue weighted by atomic mass is 32.1. The van der Waals surface area contributed by atoms with E-state index in [4.69, 9.17) is 4.52 Å². The molecule has 3 aromatic heterocycles. The molecule has 0 bridgehead atoms. The Kier molecular flexibility index (Phi) is 8.77. The largest absolute Gasteiger partial charge is 0.477 e. The number of carbonyl (C=O) groups excluding carboxylic acids is 1. The quantitative estimate of drug-likeness (QED) is 0.196. The summed E-state index contributed by atoms with van der Waals surface area (Å²) >= 11 is 1.21. The number of hydrogen-bond acceptors (Lipinski definition) is 7. The van der Waals surface area contributed by atoms with Crippen molar-refractivity contribution >= 4 is 41.9 Å². The molecule has 232 valence electrons. The fourth-order valence-corrected chi connectivity index (χ4v) is 8.52. The van der Waals surface area contributed by atoms with Gasteiger partial charge in [0.25, 0.3) is 0 Å². The highest BCUT2D eigenvalue weighted by Crippen LogP contribution is 2.45. The Hall–Kier alpha value is -3.33. The van der Waals surface area contributed by atoms with Gasteiger partial charge in [0.05, 0.1) is 17.5 Å². The summed E-state index contributed by atoms with van der Waals surface area (Å²) in [6, 6.07) is 13.4. The first-order valence-electron chi connectivity index (χ1n) is 15.4. The van der Waals surface area contributed by atoms with Gasteiger partial charge in [0, 0.05) is 54.2 Å². The van der Waals surface area contributed by atoms with Crippen LogP contribution in [0.25, 0.3) is 27.3 Å². The molecule has 6 rings (SSSR count). The van der Waals surface area contributed by atoms with Crippen molar-refractivity contribution in [2.24, 2.45) is 11.8 Å². The predicted octanol–water partition coefficient (Wildman–Crippen LogP) is 7.85.